The zero-order valence-electron chi connectivity index (χ0n) is 11.7. The number of hydrogen-bond acceptors (Lipinski definition) is 4. The molecule has 0 unspecified atom stereocenters. The summed E-state index contributed by atoms with van der Waals surface area (Å²) in [6.07, 6.45) is 4.63. The minimum absolute atomic E-state index is 0.612. The smallest absolute Gasteiger partial charge is 0.219 e. The first-order chi connectivity index (χ1) is 9.17. The van der Waals surface area contributed by atoms with E-state index >= 15 is 0 Å². The summed E-state index contributed by atoms with van der Waals surface area (Å²) in [5, 5.41) is 7.44. The molecule has 5 heteroatoms. The van der Waals surface area contributed by atoms with Crippen LogP contribution in [0.4, 0.5) is 0 Å². The topological polar surface area (TPSA) is 52.0 Å². The second kappa shape index (κ2) is 6.33. The number of aromatic nitrogens is 3. The average Bonchev–Trinajstić information content (AvgIpc) is 2.74. The van der Waals surface area contributed by atoms with Crippen molar-refractivity contribution < 1.29 is 4.74 Å². The maximum atomic E-state index is 5.70. The van der Waals surface area contributed by atoms with E-state index in [0.29, 0.717) is 11.6 Å². The summed E-state index contributed by atoms with van der Waals surface area (Å²) in [5.41, 5.74) is 2.13. The minimum Gasteiger partial charge on any atom is -0.436 e. The second-order valence-electron chi connectivity index (χ2n) is 4.58. The van der Waals surface area contributed by atoms with Crippen molar-refractivity contribution in [3.8, 4) is 11.6 Å². The molecule has 0 aliphatic rings. The van der Waals surface area contributed by atoms with Crippen molar-refractivity contribution in [3.63, 3.8) is 0 Å². The molecule has 0 aliphatic heterocycles. The summed E-state index contributed by atoms with van der Waals surface area (Å²) >= 11 is 0. The summed E-state index contributed by atoms with van der Waals surface area (Å²) in [7, 11) is 1.86. The Labute approximate surface area is 113 Å². The van der Waals surface area contributed by atoms with E-state index in [4.69, 9.17) is 4.74 Å². The Morgan fingerprint density at radius 2 is 2.21 bits per heavy atom. The highest BCUT2D eigenvalue weighted by molar-refractivity contribution is 5.28. The Morgan fingerprint density at radius 3 is 2.89 bits per heavy atom. The van der Waals surface area contributed by atoms with Crippen LogP contribution < -0.4 is 10.1 Å². The molecule has 0 amide bonds. The highest BCUT2D eigenvalue weighted by atomic mass is 16.5. The van der Waals surface area contributed by atoms with Gasteiger partial charge in [-0.1, -0.05) is 6.92 Å². The fourth-order valence-corrected chi connectivity index (χ4v) is 1.84. The van der Waals surface area contributed by atoms with Gasteiger partial charge in [0.2, 0.25) is 5.88 Å². The van der Waals surface area contributed by atoms with E-state index in [0.717, 1.165) is 25.2 Å². The van der Waals surface area contributed by atoms with Crippen LogP contribution in [-0.2, 0) is 13.6 Å². The van der Waals surface area contributed by atoms with Gasteiger partial charge in [-0.2, -0.15) is 5.10 Å². The number of nitrogens with one attached hydrogen (secondary N) is 1. The Kier molecular flexibility index (Phi) is 4.52. The molecule has 19 heavy (non-hydrogen) atoms. The van der Waals surface area contributed by atoms with Crippen LogP contribution in [0.2, 0.25) is 0 Å². The highest BCUT2D eigenvalue weighted by Crippen LogP contribution is 2.20. The number of nitrogens with zero attached hydrogens (tertiary/aromatic N) is 3. The number of aryl methyl sites for hydroxylation is 2. The Bertz CT molecular complexity index is 536. The van der Waals surface area contributed by atoms with Crippen LogP contribution in [0.5, 0.6) is 11.6 Å². The lowest BCUT2D eigenvalue weighted by atomic mass is 10.2. The van der Waals surface area contributed by atoms with Gasteiger partial charge in [-0.15, -0.1) is 0 Å². The Balaban J connectivity index is 2.07. The normalized spacial score (nSPS) is 10.7. The van der Waals surface area contributed by atoms with Crippen LogP contribution in [0.1, 0.15) is 24.6 Å². The van der Waals surface area contributed by atoms with Crippen molar-refractivity contribution in [1.29, 1.82) is 0 Å². The van der Waals surface area contributed by atoms with Crippen molar-refractivity contribution in [2.24, 2.45) is 7.05 Å². The van der Waals surface area contributed by atoms with E-state index < -0.39 is 0 Å². The molecule has 0 radical (unpaired) electrons. The summed E-state index contributed by atoms with van der Waals surface area (Å²) in [6.45, 7) is 5.97. The molecule has 0 aromatic carbocycles. The van der Waals surface area contributed by atoms with Crippen molar-refractivity contribution in [3.05, 3.63) is 35.8 Å². The number of rotatable bonds is 6. The summed E-state index contributed by atoms with van der Waals surface area (Å²) < 4.78 is 7.41. The average molecular weight is 260 g/mol. The van der Waals surface area contributed by atoms with Crippen LogP contribution in [0, 0.1) is 6.92 Å². The molecule has 2 aromatic rings. The number of hydrogen-bond donors (Lipinski definition) is 1. The molecule has 102 valence electrons. The van der Waals surface area contributed by atoms with Gasteiger partial charge >= 0.3 is 0 Å². The molecule has 0 bridgehead atoms. The fourth-order valence-electron chi connectivity index (χ4n) is 1.84. The van der Waals surface area contributed by atoms with Crippen LogP contribution in [0.25, 0.3) is 0 Å². The minimum atomic E-state index is 0.612. The van der Waals surface area contributed by atoms with E-state index in [9.17, 15) is 0 Å². The number of pyridine rings is 1. The third-order valence-electron chi connectivity index (χ3n) is 2.65. The molecule has 0 atom stereocenters. The summed E-state index contributed by atoms with van der Waals surface area (Å²) in [5.74, 6) is 1.31. The zero-order valence-corrected chi connectivity index (χ0v) is 11.7. The molecule has 0 saturated heterocycles. The maximum absolute atomic E-state index is 5.70. The first-order valence-corrected chi connectivity index (χ1v) is 6.52. The molecule has 2 heterocycles. The SMILES string of the molecule is CCCNCc1cc(C)nc(Oc2cnn(C)c2)c1. The van der Waals surface area contributed by atoms with Crippen molar-refractivity contribution in [1.82, 2.24) is 20.1 Å². The first kappa shape index (κ1) is 13.5. The van der Waals surface area contributed by atoms with Crippen LogP contribution >= 0.6 is 0 Å². The largest absolute Gasteiger partial charge is 0.436 e. The van der Waals surface area contributed by atoms with Gasteiger partial charge < -0.3 is 10.1 Å². The van der Waals surface area contributed by atoms with Crippen molar-refractivity contribution in [2.45, 2.75) is 26.8 Å². The van der Waals surface area contributed by atoms with Gasteiger partial charge in [0, 0.05) is 25.4 Å². The molecule has 0 spiro atoms. The van der Waals surface area contributed by atoms with Crippen LogP contribution in [-0.4, -0.2) is 21.3 Å². The van der Waals surface area contributed by atoms with Gasteiger partial charge in [-0.05, 0) is 31.5 Å². The summed E-state index contributed by atoms with van der Waals surface area (Å²) in [4.78, 5) is 4.38. The summed E-state index contributed by atoms with van der Waals surface area (Å²) in [6, 6.07) is 4.03. The van der Waals surface area contributed by atoms with Crippen molar-refractivity contribution in [2.75, 3.05) is 6.54 Å². The lowest BCUT2D eigenvalue weighted by Gasteiger charge is -2.08. The second-order valence-corrected chi connectivity index (χ2v) is 4.58. The lowest BCUT2D eigenvalue weighted by molar-refractivity contribution is 0.459. The predicted molar refractivity (Wildman–Crippen MR) is 74.3 cm³/mol. The molecule has 2 aromatic heterocycles. The monoisotopic (exact) mass is 260 g/mol. The molecule has 2 rings (SSSR count). The Hall–Kier alpha value is -1.88. The fraction of sp³-hybridized carbons (Fsp3) is 0.429. The quantitative estimate of drug-likeness (QED) is 0.810. The molecular formula is C14H20N4O. The van der Waals surface area contributed by atoms with Gasteiger partial charge in [0.05, 0.1) is 12.4 Å². The molecular weight excluding hydrogens is 240 g/mol. The third kappa shape index (κ3) is 4.06. The Morgan fingerprint density at radius 1 is 1.37 bits per heavy atom. The van der Waals surface area contributed by atoms with Crippen LogP contribution in [0.3, 0.4) is 0 Å². The predicted octanol–water partition coefficient (Wildman–Crippen LogP) is 2.42. The molecule has 0 aliphatic carbocycles. The van der Waals surface area contributed by atoms with Crippen molar-refractivity contribution >= 4 is 0 Å². The van der Waals surface area contributed by atoms with E-state index in [1.807, 2.05) is 26.2 Å². The van der Waals surface area contributed by atoms with Gasteiger partial charge in [0.15, 0.2) is 5.75 Å². The molecule has 5 nitrogen and oxygen atoms in total. The highest BCUT2D eigenvalue weighted by Gasteiger charge is 2.04. The van der Waals surface area contributed by atoms with Gasteiger partial charge in [0.1, 0.15) is 0 Å². The molecule has 0 fully saturated rings. The van der Waals surface area contributed by atoms with E-state index in [1.165, 1.54) is 5.56 Å². The third-order valence-corrected chi connectivity index (χ3v) is 2.65. The zero-order chi connectivity index (χ0) is 13.7. The van der Waals surface area contributed by atoms with E-state index in [2.05, 4.69) is 28.4 Å². The van der Waals surface area contributed by atoms with Crippen LogP contribution in [0.15, 0.2) is 24.5 Å². The van der Waals surface area contributed by atoms with Gasteiger partial charge in [0.25, 0.3) is 0 Å². The van der Waals surface area contributed by atoms with Gasteiger partial charge in [-0.3, -0.25) is 4.68 Å². The first-order valence-electron chi connectivity index (χ1n) is 6.52. The van der Waals surface area contributed by atoms with E-state index in [1.54, 1.807) is 10.9 Å². The number of ether oxygens (including phenoxy) is 1. The molecule has 1 N–H and O–H groups in total. The van der Waals surface area contributed by atoms with Gasteiger partial charge in [-0.25, -0.2) is 4.98 Å². The molecule has 0 saturated carbocycles. The lowest BCUT2D eigenvalue weighted by Crippen LogP contribution is -2.14. The maximum Gasteiger partial charge on any atom is 0.219 e. The standard InChI is InChI=1S/C14H20N4O/c1-4-5-15-8-12-6-11(2)17-14(7-12)19-13-9-16-18(3)10-13/h6-7,9-10,15H,4-5,8H2,1-3H3. The van der Waals surface area contributed by atoms with E-state index in [-0.39, 0.29) is 0 Å².